The first-order chi connectivity index (χ1) is 10.2. The molecule has 0 saturated heterocycles. The molecule has 3 rings (SSSR count). The summed E-state index contributed by atoms with van der Waals surface area (Å²) in [5, 5.41) is 9.26. The van der Waals surface area contributed by atoms with E-state index in [0.717, 1.165) is 5.69 Å². The fraction of sp³-hybridized carbons (Fsp3) is 0. The third kappa shape index (κ3) is 2.35. The molecule has 4 nitrogen and oxygen atoms in total. The number of H-pyrrole nitrogens is 1. The smallest absolute Gasteiger partial charge is 0.142 e. The Hall–Kier alpha value is -3.13. The summed E-state index contributed by atoms with van der Waals surface area (Å²) in [6.45, 7) is 0. The summed E-state index contributed by atoms with van der Waals surface area (Å²) in [7, 11) is 0. The molecule has 0 saturated carbocycles. The molecule has 0 aliphatic carbocycles. The molecular formula is C16H11FN4. The van der Waals surface area contributed by atoms with Crippen LogP contribution in [0.25, 0.3) is 22.5 Å². The van der Waals surface area contributed by atoms with Gasteiger partial charge in [0.25, 0.3) is 0 Å². The Morgan fingerprint density at radius 2 is 2.05 bits per heavy atom. The van der Waals surface area contributed by atoms with Crippen LogP contribution >= 0.6 is 0 Å². The van der Waals surface area contributed by atoms with Gasteiger partial charge in [-0.3, -0.25) is 0 Å². The van der Waals surface area contributed by atoms with E-state index in [1.54, 1.807) is 24.4 Å². The van der Waals surface area contributed by atoms with Crippen molar-refractivity contribution in [1.82, 2.24) is 9.97 Å². The van der Waals surface area contributed by atoms with Crippen molar-refractivity contribution in [2.75, 3.05) is 5.73 Å². The largest absolute Gasteiger partial charge is 0.383 e. The molecule has 0 radical (unpaired) electrons. The average molecular weight is 278 g/mol. The first kappa shape index (κ1) is 12.9. The molecule has 21 heavy (non-hydrogen) atoms. The number of rotatable bonds is 2. The van der Waals surface area contributed by atoms with Crippen molar-refractivity contribution in [3.8, 4) is 28.6 Å². The topological polar surface area (TPSA) is 78.5 Å². The van der Waals surface area contributed by atoms with Crippen LogP contribution in [-0.4, -0.2) is 9.97 Å². The van der Waals surface area contributed by atoms with E-state index in [0.29, 0.717) is 22.4 Å². The van der Waals surface area contributed by atoms with Gasteiger partial charge in [0.15, 0.2) is 0 Å². The predicted molar refractivity (Wildman–Crippen MR) is 78.5 cm³/mol. The van der Waals surface area contributed by atoms with Gasteiger partial charge in [-0.15, -0.1) is 0 Å². The Labute approximate surface area is 120 Å². The van der Waals surface area contributed by atoms with Crippen molar-refractivity contribution in [2.45, 2.75) is 0 Å². The Kier molecular flexibility index (Phi) is 3.13. The molecule has 0 aliphatic heterocycles. The predicted octanol–water partition coefficient (Wildman–Crippen LogP) is 3.34. The van der Waals surface area contributed by atoms with Crippen LogP contribution < -0.4 is 5.73 Å². The molecule has 3 aromatic rings. The number of pyridine rings is 1. The van der Waals surface area contributed by atoms with Crippen LogP contribution in [0.1, 0.15) is 5.56 Å². The van der Waals surface area contributed by atoms with Crippen LogP contribution in [-0.2, 0) is 0 Å². The van der Waals surface area contributed by atoms with Crippen molar-refractivity contribution in [2.24, 2.45) is 0 Å². The van der Waals surface area contributed by atoms with E-state index in [4.69, 9.17) is 5.73 Å². The second kappa shape index (κ2) is 5.10. The summed E-state index contributed by atoms with van der Waals surface area (Å²) in [5.74, 6) is -0.220. The molecule has 0 unspecified atom stereocenters. The number of hydrogen-bond donors (Lipinski definition) is 2. The number of aromatic nitrogens is 2. The first-order valence-corrected chi connectivity index (χ1v) is 6.29. The lowest BCUT2D eigenvalue weighted by molar-refractivity contribution is 0.628. The monoisotopic (exact) mass is 278 g/mol. The highest BCUT2D eigenvalue weighted by atomic mass is 19.1. The summed E-state index contributed by atoms with van der Waals surface area (Å²) in [6, 6.07) is 13.6. The molecule has 1 aromatic carbocycles. The lowest BCUT2D eigenvalue weighted by Crippen LogP contribution is -2.00. The lowest BCUT2D eigenvalue weighted by Gasteiger charge is -2.09. The molecule has 2 aromatic heterocycles. The van der Waals surface area contributed by atoms with Crippen LogP contribution in [0, 0.1) is 17.1 Å². The zero-order valence-electron chi connectivity index (χ0n) is 11.0. The zero-order valence-corrected chi connectivity index (χ0v) is 11.0. The van der Waals surface area contributed by atoms with Gasteiger partial charge in [0.1, 0.15) is 23.3 Å². The SMILES string of the molecule is N#Cc1c(-c2ccc[nH]2)cc(-c2cccc(F)c2)nc1N. The summed E-state index contributed by atoms with van der Waals surface area (Å²) in [4.78, 5) is 7.24. The Morgan fingerprint density at radius 3 is 2.71 bits per heavy atom. The van der Waals surface area contributed by atoms with E-state index in [9.17, 15) is 9.65 Å². The summed E-state index contributed by atoms with van der Waals surface area (Å²) >= 11 is 0. The van der Waals surface area contributed by atoms with E-state index >= 15 is 0 Å². The van der Waals surface area contributed by atoms with Gasteiger partial charge in [0, 0.05) is 23.0 Å². The Bertz CT molecular complexity index is 832. The number of nitrogen functional groups attached to an aromatic ring is 1. The highest BCUT2D eigenvalue weighted by molar-refractivity contribution is 5.78. The molecule has 0 amide bonds. The number of benzene rings is 1. The molecule has 102 valence electrons. The highest BCUT2D eigenvalue weighted by Gasteiger charge is 2.14. The van der Waals surface area contributed by atoms with Crippen LogP contribution in [0.15, 0.2) is 48.7 Å². The first-order valence-electron chi connectivity index (χ1n) is 6.29. The fourth-order valence-corrected chi connectivity index (χ4v) is 2.19. The van der Waals surface area contributed by atoms with E-state index in [1.165, 1.54) is 12.1 Å². The standard InChI is InChI=1S/C16H11FN4/c17-11-4-1-3-10(7-11)15-8-12(14-5-2-6-20-14)13(9-18)16(19)21-15/h1-8,20H,(H2,19,21). The van der Waals surface area contributed by atoms with Gasteiger partial charge in [-0.05, 0) is 30.3 Å². The molecular weight excluding hydrogens is 267 g/mol. The van der Waals surface area contributed by atoms with Gasteiger partial charge < -0.3 is 10.7 Å². The second-order valence-electron chi connectivity index (χ2n) is 4.52. The maximum Gasteiger partial charge on any atom is 0.142 e. The number of nitrogens with one attached hydrogen (secondary N) is 1. The number of nitrogens with two attached hydrogens (primary N) is 1. The van der Waals surface area contributed by atoms with Crippen molar-refractivity contribution < 1.29 is 4.39 Å². The molecule has 0 bridgehead atoms. The van der Waals surface area contributed by atoms with Crippen molar-refractivity contribution >= 4 is 5.82 Å². The van der Waals surface area contributed by atoms with E-state index in [2.05, 4.69) is 16.0 Å². The van der Waals surface area contributed by atoms with Gasteiger partial charge >= 0.3 is 0 Å². The quantitative estimate of drug-likeness (QED) is 0.754. The van der Waals surface area contributed by atoms with Crippen LogP contribution in [0.3, 0.4) is 0 Å². The Balaban J connectivity index is 2.23. The van der Waals surface area contributed by atoms with Crippen molar-refractivity contribution in [3.05, 3.63) is 60.0 Å². The maximum atomic E-state index is 13.4. The fourth-order valence-electron chi connectivity index (χ4n) is 2.19. The van der Waals surface area contributed by atoms with Gasteiger partial charge in [-0.25, -0.2) is 9.37 Å². The molecule has 0 fully saturated rings. The third-order valence-electron chi connectivity index (χ3n) is 3.17. The van der Waals surface area contributed by atoms with Crippen LogP contribution in [0.2, 0.25) is 0 Å². The van der Waals surface area contributed by atoms with E-state index < -0.39 is 0 Å². The van der Waals surface area contributed by atoms with Gasteiger partial charge in [-0.1, -0.05) is 12.1 Å². The minimum absolute atomic E-state index is 0.129. The summed E-state index contributed by atoms with van der Waals surface area (Å²) in [5.41, 5.74) is 8.72. The molecule has 0 spiro atoms. The molecule has 3 N–H and O–H groups in total. The number of nitrogens with zero attached hydrogens (tertiary/aromatic N) is 2. The zero-order chi connectivity index (χ0) is 14.8. The van der Waals surface area contributed by atoms with Crippen molar-refractivity contribution in [1.29, 1.82) is 5.26 Å². The highest BCUT2D eigenvalue weighted by Crippen LogP contribution is 2.30. The molecule has 0 aliphatic rings. The minimum atomic E-state index is -0.348. The number of halogens is 1. The normalized spacial score (nSPS) is 10.3. The van der Waals surface area contributed by atoms with E-state index in [1.807, 2.05) is 12.1 Å². The van der Waals surface area contributed by atoms with Crippen molar-refractivity contribution in [3.63, 3.8) is 0 Å². The third-order valence-corrected chi connectivity index (χ3v) is 3.17. The van der Waals surface area contributed by atoms with Crippen LogP contribution in [0.4, 0.5) is 10.2 Å². The molecule has 0 atom stereocenters. The minimum Gasteiger partial charge on any atom is -0.383 e. The van der Waals surface area contributed by atoms with Crippen LogP contribution in [0.5, 0.6) is 0 Å². The average Bonchev–Trinajstić information content (AvgIpc) is 3.00. The Morgan fingerprint density at radius 1 is 1.19 bits per heavy atom. The van der Waals surface area contributed by atoms with E-state index in [-0.39, 0.29) is 11.6 Å². The maximum absolute atomic E-state index is 13.4. The second-order valence-corrected chi connectivity index (χ2v) is 4.52. The van der Waals surface area contributed by atoms with Gasteiger partial charge in [0.05, 0.1) is 5.69 Å². The number of aromatic amines is 1. The molecule has 2 heterocycles. The van der Waals surface area contributed by atoms with Gasteiger partial charge in [0.2, 0.25) is 0 Å². The summed E-state index contributed by atoms with van der Waals surface area (Å²) < 4.78 is 13.4. The molecule has 5 heteroatoms. The number of nitriles is 1. The number of anilines is 1. The van der Waals surface area contributed by atoms with Gasteiger partial charge in [-0.2, -0.15) is 5.26 Å². The number of hydrogen-bond acceptors (Lipinski definition) is 3. The lowest BCUT2D eigenvalue weighted by atomic mass is 10.0. The summed E-state index contributed by atoms with van der Waals surface area (Å²) in [6.07, 6.45) is 1.76.